The smallest absolute Gasteiger partial charge is 0.344 e. The minimum Gasteiger partial charge on any atom is -0.482 e. The van der Waals surface area contributed by atoms with Crippen LogP contribution in [0.5, 0.6) is 5.75 Å². The monoisotopic (exact) mass is 369 g/mol. The average molecular weight is 369 g/mol. The molecule has 27 heavy (non-hydrogen) atoms. The summed E-state index contributed by atoms with van der Waals surface area (Å²) in [6, 6.07) is 15.8. The van der Waals surface area contributed by atoms with Gasteiger partial charge in [-0.15, -0.1) is 0 Å². The van der Waals surface area contributed by atoms with Crippen LogP contribution in [0.2, 0.25) is 0 Å². The Hall–Kier alpha value is -3.15. The van der Waals surface area contributed by atoms with Crippen LogP contribution in [0.25, 0.3) is 0 Å². The molecule has 0 saturated carbocycles. The summed E-state index contributed by atoms with van der Waals surface area (Å²) >= 11 is 0. The highest BCUT2D eigenvalue weighted by Crippen LogP contribution is 2.13. The minimum atomic E-state index is -0.647. The SMILES string of the molecule is CCC(=O)c1ccc(OCC(=O)OCC(=O)N[C@H](C)c2ccccc2)cc1. The maximum atomic E-state index is 11.9. The number of amides is 1. The van der Waals surface area contributed by atoms with Crippen molar-refractivity contribution in [2.75, 3.05) is 13.2 Å². The van der Waals surface area contributed by atoms with E-state index in [1.54, 1.807) is 31.2 Å². The van der Waals surface area contributed by atoms with Crippen molar-refractivity contribution in [1.29, 1.82) is 0 Å². The molecule has 6 nitrogen and oxygen atoms in total. The van der Waals surface area contributed by atoms with Gasteiger partial charge in [-0.2, -0.15) is 0 Å². The molecule has 142 valence electrons. The minimum absolute atomic E-state index is 0.0386. The predicted molar refractivity (Wildman–Crippen MR) is 101 cm³/mol. The molecule has 0 fully saturated rings. The number of Topliss-reactive ketones (excluding diaryl/α,β-unsaturated/α-hetero) is 1. The lowest BCUT2D eigenvalue weighted by Gasteiger charge is -2.14. The molecule has 0 aliphatic rings. The van der Waals surface area contributed by atoms with E-state index in [9.17, 15) is 14.4 Å². The van der Waals surface area contributed by atoms with Gasteiger partial charge in [-0.1, -0.05) is 37.3 Å². The van der Waals surface area contributed by atoms with Gasteiger partial charge in [-0.25, -0.2) is 4.79 Å². The molecule has 0 bridgehead atoms. The summed E-state index contributed by atoms with van der Waals surface area (Å²) in [5.74, 6) is -0.549. The zero-order chi connectivity index (χ0) is 19.6. The van der Waals surface area contributed by atoms with Crippen molar-refractivity contribution in [3.8, 4) is 5.75 Å². The zero-order valence-corrected chi connectivity index (χ0v) is 15.4. The molecule has 0 aliphatic carbocycles. The summed E-state index contributed by atoms with van der Waals surface area (Å²) in [5, 5.41) is 2.76. The summed E-state index contributed by atoms with van der Waals surface area (Å²) in [5.41, 5.74) is 1.56. The number of hydrogen-bond donors (Lipinski definition) is 1. The molecule has 1 amide bonds. The van der Waals surface area contributed by atoms with Crippen molar-refractivity contribution >= 4 is 17.7 Å². The van der Waals surface area contributed by atoms with Crippen LogP contribution in [-0.2, 0) is 14.3 Å². The molecule has 0 heterocycles. The number of hydrogen-bond acceptors (Lipinski definition) is 5. The summed E-state index contributed by atoms with van der Waals surface area (Å²) in [4.78, 5) is 35.1. The Morgan fingerprint density at radius 3 is 2.26 bits per heavy atom. The van der Waals surface area contributed by atoms with Crippen molar-refractivity contribution < 1.29 is 23.9 Å². The number of ether oxygens (including phenoxy) is 2. The van der Waals surface area contributed by atoms with E-state index in [1.165, 1.54) is 0 Å². The third-order valence-electron chi connectivity index (χ3n) is 3.90. The lowest BCUT2D eigenvalue weighted by atomic mass is 10.1. The molecule has 1 N–H and O–H groups in total. The van der Waals surface area contributed by atoms with Crippen molar-refractivity contribution in [3.63, 3.8) is 0 Å². The van der Waals surface area contributed by atoms with E-state index in [0.29, 0.717) is 17.7 Å². The Labute approximate surface area is 158 Å². The number of ketones is 1. The van der Waals surface area contributed by atoms with Crippen LogP contribution >= 0.6 is 0 Å². The van der Waals surface area contributed by atoms with Gasteiger partial charge in [0.15, 0.2) is 19.0 Å². The normalized spacial score (nSPS) is 11.3. The Morgan fingerprint density at radius 1 is 0.963 bits per heavy atom. The quantitative estimate of drug-likeness (QED) is 0.543. The Balaban J connectivity index is 1.71. The fourth-order valence-corrected chi connectivity index (χ4v) is 2.38. The zero-order valence-electron chi connectivity index (χ0n) is 15.4. The van der Waals surface area contributed by atoms with Crippen molar-refractivity contribution in [1.82, 2.24) is 5.32 Å². The van der Waals surface area contributed by atoms with Gasteiger partial charge in [0.2, 0.25) is 0 Å². The molecule has 0 unspecified atom stereocenters. The number of nitrogens with one attached hydrogen (secondary N) is 1. The van der Waals surface area contributed by atoms with E-state index in [0.717, 1.165) is 5.56 Å². The first-order chi connectivity index (χ1) is 13.0. The van der Waals surface area contributed by atoms with E-state index >= 15 is 0 Å². The first kappa shape index (κ1) is 20.2. The van der Waals surface area contributed by atoms with Crippen LogP contribution in [0.4, 0.5) is 0 Å². The number of benzene rings is 2. The van der Waals surface area contributed by atoms with Gasteiger partial charge < -0.3 is 14.8 Å². The fraction of sp³-hybridized carbons (Fsp3) is 0.286. The standard InChI is InChI=1S/C21H23NO5/c1-3-19(23)17-9-11-18(12-10-17)26-14-21(25)27-13-20(24)22-15(2)16-7-5-4-6-8-16/h4-12,15H,3,13-14H2,1-2H3,(H,22,24)/t15-/m1/s1. The van der Waals surface area contributed by atoms with Crippen LogP contribution < -0.4 is 10.1 Å². The van der Waals surface area contributed by atoms with Gasteiger partial charge in [0.05, 0.1) is 6.04 Å². The molecule has 0 aromatic heterocycles. The van der Waals surface area contributed by atoms with Crippen LogP contribution in [0.3, 0.4) is 0 Å². The molecule has 0 aliphatic heterocycles. The Bertz CT molecular complexity index is 771. The molecule has 2 aromatic rings. The Kier molecular flexibility index (Phi) is 7.55. The lowest BCUT2D eigenvalue weighted by Crippen LogP contribution is -2.31. The first-order valence-electron chi connectivity index (χ1n) is 8.75. The fourth-order valence-electron chi connectivity index (χ4n) is 2.38. The van der Waals surface area contributed by atoms with Gasteiger partial charge in [0, 0.05) is 12.0 Å². The third kappa shape index (κ3) is 6.58. The first-order valence-corrected chi connectivity index (χ1v) is 8.75. The maximum Gasteiger partial charge on any atom is 0.344 e. The molecule has 2 aromatic carbocycles. The summed E-state index contributed by atoms with van der Waals surface area (Å²) < 4.78 is 10.2. The number of carbonyl (C=O) groups is 3. The van der Waals surface area contributed by atoms with E-state index in [-0.39, 0.29) is 30.9 Å². The third-order valence-corrected chi connectivity index (χ3v) is 3.90. The molecule has 6 heteroatoms. The number of carbonyl (C=O) groups excluding carboxylic acids is 3. The Morgan fingerprint density at radius 2 is 1.63 bits per heavy atom. The van der Waals surface area contributed by atoms with Crippen LogP contribution in [0.1, 0.15) is 42.2 Å². The van der Waals surface area contributed by atoms with Crippen molar-refractivity contribution in [2.24, 2.45) is 0 Å². The molecular formula is C21H23NO5. The summed E-state index contributed by atoms with van der Waals surface area (Å²) in [6.07, 6.45) is 0.428. The molecule has 1 atom stereocenters. The van der Waals surface area contributed by atoms with Gasteiger partial charge in [-0.3, -0.25) is 9.59 Å². The summed E-state index contributed by atoms with van der Waals surface area (Å²) in [6.45, 7) is 2.95. The highest BCUT2D eigenvalue weighted by Gasteiger charge is 2.12. The molecule has 0 radical (unpaired) electrons. The number of rotatable bonds is 9. The van der Waals surface area contributed by atoms with Crippen LogP contribution in [0.15, 0.2) is 54.6 Å². The molecular weight excluding hydrogens is 346 g/mol. The highest BCUT2D eigenvalue weighted by atomic mass is 16.6. The van der Waals surface area contributed by atoms with Gasteiger partial charge in [0.25, 0.3) is 5.91 Å². The second-order valence-electron chi connectivity index (χ2n) is 5.95. The van der Waals surface area contributed by atoms with Gasteiger partial charge in [-0.05, 0) is 36.8 Å². The molecule has 2 rings (SSSR count). The van der Waals surface area contributed by atoms with Crippen molar-refractivity contribution in [3.05, 3.63) is 65.7 Å². The lowest BCUT2D eigenvalue weighted by molar-refractivity contribution is -0.150. The topological polar surface area (TPSA) is 81.7 Å². The van der Waals surface area contributed by atoms with Gasteiger partial charge >= 0.3 is 5.97 Å². The average Bonchev–Trinajstić information content (AvgIpc) is 2.71. The van der Waals surface area contributed by atoms with E-state index < -0.39 is 5.97 Å². The molecule has 0 saturated heterocycles. The van der Waals surface area contributed by atoms with Gasteiger partial charge in [0.1, 0.15) is 5.75 Å². The second kappa shape index (κ2) is 10.1. The van der Waals surface area contributed by atoms with E-state index in [2.05, 4.69) is 5.32 Å². The highest BCUT2D eigenvalue weighted by molar-refractivity contribution is 5.95. The second-order valence-corrected chi connectivity index (χ2v) is 5.95. The largest absolute Gasteiger partial charge is 0.482 e. The maximum absolute atomic E-state index is 11.9. The molecule has 0 spiro atoms. The van der Waals surface area contributed by atoms with Crippen LogP contribution in [0, 0.1) is 0 Å². The van der Waals surface area contributed by atoms with E-state index in [4.69, 9.17) is 9.47 Å². The number of esters is 1. The van der Waals surface area contributed by atoms with E-state index in [1.807, 2.05) is 37.3 Å². The predicted octanol–water partition coefficient (Wildman–Crippen LogP) is 3.08. The van der Waals surface area contributed by atoms with Crippen molar-refractivity contribution in [2.45, 2.75) is 26.3 Å². The van der Waals surface area contributed by atoms with Crippen LogP contribution in [-0.4, -0.2) is 30.9 Å². The summed E-state index contributed by atoms with van der Waals surface area (Å²) in [7, 11) is 0.